The van der Waals surface area contributed by atoms with E-state index in [2.05, 4.69) is 16.8 Å². The van der Waals surface area contributed by atoms with E-state index in [1.165, 1.54) is 25.7 Å². The summed E-state index contributed by atoms with van der Waals surface area (Å²) in [7, 11) is 0. The van der Waals surface area contributed by atoms with E-state index in [9.17, 15) is 4.79 Å². The molecule has 2 aliphatic rings. The maximum atomic E-state index is 12.4. The number of hydrogen-bond acceptors (Lipinski definition) is 3. The van der Waals surface area contributed by atoms with Crippen molar-refractivity contribution >= 4 is 5.91 Å². The number of amides is 1. The standard InChI is InChI=1S/C17H25N3O/c1-14-3-2-4-16(13-14)19-9-11-20(12-10-19)17(21)15-5-7-18-8-6-15/h5-8,14,16H,2-4,9-13H2,1H3/t14-,16-/m0/s1. The molecular weight excluding hydrogens is 262 g/mol. The Morgan fingerprint density at radius 3 is 2.52 bits per heavy atom. The highest BCUT2D eigenvalue weighted by Gasteiger charge is 2.29. The first-order valence-electron chi connectivity index (χ1n) is 8.17. The van der Waals surface area contributed by atoms with Crippen LogP contribution in [0.4, 0.5) is 0 Å². The van der Waals surface area contributed by atoms with Crippen LogP contribution < -0.4 is 0 Å². The van der Waals surface area contributed by atoms with Crippen LogP contribution in [0.2, 0.25) is 0 Å². The molecule has 1 aromatic rings. The van der Waals surface area contributed by atoms with Gasteiger partial charge in [0, 0.05) is 50.2 Å². The zero-order valence-electron chi connectivity index (χ0n) is 12.9. The van der Waals surface area contributed by atoms with E-state index in [0.29, 0.717) is 0 Å². The highest BCUT2D eigenvalue weighted by Crippen LogP contribution is 2.28. The van der Waals surface area contributed by atoms with Crippen LogP contribution >= 0.6 is 0 Å². The fourth-order valence-corrected chi connectivity index (χ4v) is 3.70. The average Bonchev–Trinajstić information content (AvgIpc) is 2.55. The minimum absolute atomic E-state index is 0.147. The number of piperazine rings is 1. The molecule has 1 aromatic heterocycles. The maximum absolute atomic E-state index is 12.4. The molecule has 1 aliphatic carbocycles. The highest BCUT2D eigenvalue weighted by molar-refractivity contribution is 5.94. The summed E-state index contributed by atoms with van der Waals surface area (Å²) in [5, 5.41) is 0. The SMILES string of the molecule is C[C@H]1CCC[C@H](N2CCN(C(=O)c3ccncc3)CC2)C1. The van der Waals surface area contributed by atoms with Gasteiger partial charge in [0.1, 0.15) is 0 Å². The molecule has 1 saturated carbocycles. The molecule has 0 bridgehead atoms. The van der Waals surface area contributed by atoms with Crippen molar-refractivity contribution in [3.05, 3.63) is 30.1 Å². The van der Waals surface area contributed by atoms with Crippen molar-refractivity contribution in [2.24, 2.45) is 5.92 Å². The molecule has 1 aliphatic heterocycles. The van der Waals surface area contributed by atoms with Gasteiger partial charge >= 0.3 is 0 Å². The lowest BCUT2D eigenvalue weighted by atomic mass is 9.86. The number of aromatic nitrogens is 1. The fourth-order valence-electron chi connectivity index (χ4n) is 3.70. The minimum Gasteiger partial charge on any atom is -0.336 e. The number of hydrogen-bond donors (Lipinski definition) is 0. The summed E-state index contributed by atoms with van der Waals surface area (Å²) < 4.78 is 0. The highest BCUT2D eigenvalue weighted by atomic mass is 16.2. The summed E-state index contributed by atoms with van der Waals surface area (Å²) in [5.41, 5.74) is 0.754. The third-order valence-electron chi connectivity index (χ3n) is 4.95. The Kier molecular flexibility index (Phi) is 4.54. The van der Waals surface area contributed by atoms with Crippen LogP contribution in [-0.4, -0.2) is 52.9 Å². The molecule has 0 spiro atoms. The molecule has 1 amide bonds. The summed E-state index contributed by atoms with van der Waals surface area (Å²) in [6.07, 6.45) is 8.79. The van der Waals surface area contributed by atoms with Gasteiger partial charge < -0.3 is 4.90 Å². The van der Waals surface area contributed by atoms with Crippen LogP contribution in [0.25, 0.3) is 0 Å². The molecular formula is C17H25N3O. The molecule has 2 heterocycles. The Hall–Kier alpha value is -1.42. The van der Waals surface area contributed by atoms with E-state index in [1.807, 2.05) is 4.90 Å². The van der Waals surface area contributed by atoms with Crippen molar-refractivity contribution in [1.82, 2.24) is 14.8 Å². The molecule has 0 aromatic carbocycles. The van der Waals surface area contributed by atoms with Crippen molar-refractivity contribution in [2.75, 3.05) is 26.2 Å². The predicted molar refractivity (Wildman–Crippen MR) is 83.1 cm³/mol. The molecule has 0 radical (unpaired) electrons. The van der Waals surface area contributed by atoms with Gasteiger partial charge in [0.15, 0.2) is 0 Å². The second-order valence-electron chi connectivity index (χ2n) is 6.49. The van der Waals surface area contributed by atoms with Gasteiger partial charge in [0.05, 0.1) is 0 Å². The summed E-state index contributed by atoms with van der Waals surface area (Å²) in [6, 6.07) is 4.35. The van der Waals surface area contributed by atoms with Gasteiger partial charge in [0.25, 0.3) is 5.91 Å². The molecule has 2 fully saturated rings. The largest absolute Gasteiger partial charge is 0.336 e. The van der Waals surface area contributed by atoms with E-state index in [-0.39, 0.29) is 5.91 Å². The van der Waals surface area contributed by atoms with Gasteiger partial charge in [-0.25, -0.2) is 0 Å². The molecule has 0 unspecified atom stereocenters. The monoisotopic (exact) mass is 287 g/mol. The quantitative estimate of drug-likeness (QED) is 0.838. The minimum atomic E-state index is 0.147. The lowest BCUT2D eigenvalue weighted by Crippen LogP contribution is -2.52. The van der Waals surface area contributed by atoms with Crippen molar-refractivity contribution in [3.8, 4) is 0 Å². The Morgan fingerprint density at radius 2 is 1.86 bits per heavy atom. The first-order chi connectivity index (χ1) is 10.2. The van der Waals surface area contributed by atoms with E-state index >= 15 is 0 Å². The normalized spacial score (nSPS) is 27.6. The molecule has 2 atom stereocenters. The van der Waals surface area contributed by atoms with Crippen LogP contribution in [0.15, 0.2) is 24.5 Å². The van der Waals surface area contributed by atoms with Crippen LogP contribution in [0.5, 0.6) is 0 Å². The predicted octanol–water partition coefficient (Wildman–Crippen LogP) is 2.42. The van der Waals surface area contributed by atoms with Crippen LogP contribution in [0, 0.1) is 5.92 Å². The topological polar surface area (TPSA) is 36.4 Å². The lowest BCUT2D eigenvalue weighted by molar-refractivity contribution is 0.0489. The second-order valence-corrected chi connectivity index (χ2v) is 6.49. The smallest absolute Gasteiger partial charge is 0.254 e. The zero-order chi connectivity index (χ0) is 14.7. The van der Waals surface area contributed by atoms with E-state index in [4.69, 9.17) is 0 Å². The van der Waals surface area contributed by atoms with E-state index < -0.39 is 0 Å². The number of carbonyl (C=O) groups is 1. The summed E-state index contributed by atoms with van der Waals surface area (Å²) in [5.74, 6) is 1.01. The number of carbonyl (C=O) groups excluding carboxylic acids is 1. The Labute approximate surface area is 127 Å². The Morgan fingerprint density at radius 1 is 1.14 bits per heavy atom. The maximum Gasteiger partial charge on any atom is 0.254 e. The summed E-state index contributed by atoms with van der Waals surface area (Å²) in [4.78, 5) is 21.0. The second kappa shape index (κ2) is 6.56. The molecule has 3 rings (SSSR count). The van der Waals surface area contributed by atoms with Gasteiger partial charge in [-0.15, -0.1) is 0 Å². The first kappa shape index (κ1) is 14.5. The summed E-state index contributed by atoms with van der Waals surface area (Å²) >= 11 is 0. The summed E-state index contributed by atoms with van der Waals surface area (Å²) in [6.45, 7) is 6.12. The average molecular weight is 287 g/mol. The third-order valence-corrected chi connectivity index (χ3v) is 4.95. The van der Waals surface area contributed by atoms with Crippen molar-refractivity contribution in [1.29, 1.82) is 0 Å². The van der Waals surface area contributed by atoms with Gasteiger partial charge in [0.2, 0.25) is 0 Å². The van der Waals surface area contributed by atoms with Crippen LogP contribution in [0.3, 0.4) is 0 Å². The lowest BCUT2D eigenvalue weighted by Gasteiger charge is -2.42. The number of rotatable bonds is 2. The molecule has 21 heavy (non-hydrogen) atoms. The zero-order valence-corrected chi connectivity index (χ0v) is 12.9. The number of pyridine rings is 1. The van der Waals surface area contributed by atoms with Crippen molar-refractivity contribution in [3.63, 3.8) is 0 Å². The first-order valence-corrected chi connectivity index (χ1v) is 8.17. The van der Waals surface area contributed by atoms with Crippen molar-refractivity contribution < 1.29 is 4.79 Å². The van der Waals surface area contributed by atoms with Gasteiger partial charge in [-0.1, -0.05) is 19.8 Å². The third kappa shape index (κ3) is 3.43. The van der Waals surface area contributed by atoms with E-state index in [1.54, 1.807) is 24.5 Å². The van der Waals surface area contributed by atoms with Gasteiger partial charge in [-0.2, -0.15) is 0 Å². The van der Waals surface area contributed by atoms with Crippen molar-refractivity contribution in [2.45, 2.75) is 38.6 Å². The number of nitrogens with zero attached hydrogens (tertiary/aromatic N) is 3. The van der Waals surface area contributed by atoms with Gasteiger partial charge in [-0.3, -0.25) is 14.7 Å². The molecule has 4 heteroatoms. The van der Waals surface area contributed by atoms with Crippen LogP contribution in [0.1, 0.15) is 43.0 Å². The Bertz CT molecular complexity index is 468. The van der Waals surface area contributed by atoms with Crippen LogP contribution in [-0.2, 0) is 0 Å². The molecule has 0 N–H and O–H groups in total. The molecule has 1 saturated heterocycles. The Balaban J connectivity index is 1.54. The molecule has 114 valence electrons. The van der Waals surface area contributed by atoms with E-state index in [0.717, 1.165) is 43.7 Å². The molecule has 4 nitrogen and oxygen atoms in total. The van der Waals surface area contributed by atoms with Gasteiger partial charge in [-0.05, 0) is 30.9 Å². The fraction of sp³-hybridized carbons (Fsp3) is 0.647.